The fourth-order valence-electron chi connectivity index (χ4n) is 2.77. The second-order valence-electron chi connectivity index (χ2n) is 6.52. The van der Waals surface area contributed by atoms with E-state index in [1.807, 2.05) is 36.9 Å². The van der Waals surface area contributed by atoms with Gasteiger partial charge in [-0.25, -0.2) is 0 Å². The summed E-state index contributed by atoms with van der Waals surface area (Å²) in [6.45, 7) is 10.2. The smallest absolute Gasteiger partial charge is 0.254 e. The van der Waals surface area contributed by atoms with Gasteiger partial charge in [0.2, 0.25) is 0 Å². The summed E-state index contributed by atoms with van der Waals surface area (Å²) in [6.07, 6.45) is 0.850. The van der Waals surface area contributed by atoms with Crippen LogP contribution in [0.3, 0.4) is 0 Å². The van der Waals surface area contributed by atoms with Gasteiger partial charge in [0.15, 0.2) is 0 Å². The first-order valence-electron chi connectivity index (χ1n) is 7.63. The Kier molecular flexibility index (Phi) is 4.57. The molecule has 0 saturated carbocycles. The molecule has 0 spiro atoms. The van der Waals surface area contributed by atoms with E-state index in [0.29, 0.717) is 18.7 Å². The molecule has 0 bridgehead atoms. The summed E-state index contributed by atoms with van der Waals surface area (Å²) in [4.78, 5) is 14.6. The largest absolute Gasteiger partial charge is 0.494 e. The monoisotopic (exact) mass is 290 g/mol. The molecule has 0 radical (unpaired) electrons. The third-order valence-electron chi connectivity index (χ3n) is 4.33. The Hall–Kier alpha value is -1.55. The maximum atomic E-state index is 12.7. The van der Waals surface area contributed by atoms with Crippen molar-refractivity contribution in [2.75, 3.05) is 19.7 Å². The lowest BCUT2D eigenvalue weighted by Gasteiger charge is -2.42. The van der Waals surface area contributed by atoms with E-state index in [9.17, 15) is 4.79 Å². The number of hydrogen-bond acceptors (Lipinski definition) is 3. The van der Waals surface area contributed by atoms with Gasteiger partial charge in [-0.2, -0.15) is 0 Å². The summed E-state index contributed by atoms with van der Waals surface area (Å²) in [5, 5.41) is 0. The molecule has 1 aliphatic heterocycles. The van der Waals surface area contributed by atoms with Crippen LogP contribution >= 0.6 is 0 Å². The molecule has 4 heteroatoms. The third kappa shape index (κ3) is 3.38. The normalized spacial score (nSPS) is 21.2. The Morgan fingerprint density at radius 3 is 2.81 bits per heavy atom. The van der Waals surface area contributed by atoms with Gasteiger partial charge in [0.25, 0.3) is 5.91 Å². The molecule has 1 aliphatic rings. The van der Waals surface area contributed by atoms with Gasteiger partial charge in [-0.3, -0.25) is 4.79 Å². The molecule has 1 amide bonds. The number of carbonyl (C=O) groups excluding carboxylic acids is 1. The van der Waals surface area contributed by atoms with Gasteiger partial charge in [-0.1, -0.05) is 19.9 Å². The van der Waals surface area contributed by atoms with Crippen molar-refractivity contribution in [2.24, 2.45) is 11.1 Å². The number of piperidine rings is 1. The van der Waals surface area contributed by atoms with Crippen LogP contribution in [0.15, 0.2) is 18.2 Å². The SMILES string of the molecule is CCOc1cc(C(=O)N2CCC(N)C(C)(C)C2)ccc1C. The highest BCUT2D eigenvalue weighted by Crippen LogP contribution is 2.29. The first-order chi connectivity index (χ1) is 9.85. The zero-order valence-corrected chi connectivity index (χ0v) is 13.5. The molecule has 2 rings (SSSR count). The standard InChI is InChI=1S/C17H26N2O2/c1-5-21-14-10-13(7-6-12(14)2)16(20)19-9-8-15(18)17(3,4)11-19/h6-7,10,15H,5,8-9,11,18H2,1-4H3. The number of carbonyl (C=O) groups is 1. The number of rotatable bonds is 3. The number of likely N-dealkylation sites (tertiary alicyclic amines) is 1. The van der Waals surface area contributed by atoms with Gasteiger partial charge >= 0.3 is 0 Å². The molecule has 2 N–H and O–H groups in total. The molecule has 1 fully saturated rings. The summed E-state index contributed by atoms with van der Waals surface area (Å²) in [6, 6.07) is 5.82. The second kappa shape index (κ2) is 6.06. The Labute approximate surface area is 127 Å². The zero-order valence-electron chi connectivity index (χ0n) is 13.5. The van der Waals surface area contributed by atoms with Gasteiger partial charge in [-0.05, 0) is 43.4 Å². The van der Waals surface area contributed by atoms with Crippen molar-refractivity contribution in [1.29, 1.82) is 0 Å². The van der Waals surface area contributed by atoms with E-state index >= 15 is 0 Å². The highest BCUT2D eigenvalue weighted by Gasteiger charge is 2.35. The fraction of sp³-hybridized carbons (Fsp3) is 0.588. The number of aryl methyl sites for hydroxylation is 1. The van der Waals surface area contributed by atoms with Crippen molar-refractivity contribution in [3.05, 3.63) is 29.3 Å². The van der Waals surface area contributed by atoms with Crippen LogP contribution in [0.2, 0.25) is 0 Å². The van der Waals surface area contributed by atoms with Crippen molar-refractivity contribution in [3.63, 3.8) is 0 Å². The quantitative estimate of drug-likeness (QED) is 0.931. The minimum Gasteiger partial charge on any atom is -0.494 e. The topological polar surface area (TPSA) is 55.6 Å². The van der Waals surface area contributed by atoms with E-state index in [-0.39, 0.29) is 17.4 Å². The summed E-state index contributed by atoms with van der Waals surface area (Å²) in [7, 11) is 0. The number of amides is 1. The number of hydrogen-bond donors (Lipinski definition) is 1. The number of ether oxygens (including phenoxy) is 1. The van der Waals surface area contributed by atoms with E-state index in [4.69, 9.17) is 10.5 Å². The highest BCUT2D eigenvalue weighted by atomic mass is 16.5. The summed E-state index contributed by atoms with van der Waals surface area (Å²) in [5.74, 6) is 0.854. The average Bonchev–Trinajstić information content (AvgIpc) is 2.43. The lowest BCUT2D eigenvalue weighted by Crippen LogP contribution is -2.54. The molecule has 116 valence electrons. The molecule has 4 nitrogen and oxygen atoms in total. The molecule has 1 atom stereocenters. The maximum absolute atomic E-state index is 12.7. The van der Waals surface area contributed by atoms with Crippen LogP contribution in [0.5, 0.6) is 5.75 Å². The predicted octanol–water partition coefficient (Wildman–Crippen LogP) is 2.59. The predicted molar refractivity (Wildman–Crippen MR) is 84.6 cm³/mol. The van der Waals surface area contributed by atoms with Crippen LogP contribution in [0.4, 0.5) is 0 Å². The first kappa shape index (κ1) is 15.8. The molecule has 21 heavy (non-hydrogen) atoms. The van der Waals surface area contributed by atoms with Crippen molar-refractivity contribution in [3.8, 4) is 5.75 Å². The van der Waals surface area contributed by atoms with E-state index < -0.39 is 0 Å². The van der Waals surface area contributed by atoms with Gasteiger partial charge in [0.05, 0.1) is 6.61 Å². The van der Waals surface area contributed by atoms with E-state index in [0.717, 1.165) is 24.3 Å². The second-order valence-corrected chi connectivity index (χ2v) is 6.52. The molecular weight excluding hydrogens is 264 g/mol. The van der Waals surface area contributed by atoms with Gasteiger partial charge in [0, 0.05) is 24.7 Å². The van der Waals surface area contributed by atoms with Crippen LogP contribution in [-0.4, -0.2) is 36.5 Å². The number of nitrogens with zero attached hydrogens (tertiary/aromatic N) is 1. The Morgan fingerprint density at radius 1 is 1.48 bits per heavy atom. The number of nitrogens with two attached hydrogens (primary N) is 1. The molecular formula is C17H26N2O2. The minimum atomic E-state index is -0.0403. The van der Waals surface area contributed by atoms with E-state index in [1.165, 1.54) is 0 Å². The van der Waals surface area contributed by atoms with Crippen molar-refractivity contribution in [2.45, 2.75) is 40.2 Å². The van der Waals surface area contributed by atoms with Gasteiger partial charge in [-0.15, -0.1) is 0 Å². The summed E-state index contributed by atoms with van der Waals surface area (Å²) < 4.78 is 5.58. The highest BCUT2D eigenvalue weighted by molar-refractivity contribution is 5.94. The lowest BCUT2D eigenvalue weighted by molar-refractivity contribution is 0.0532. The number of benzene rings is 1. The van der Waals surface area contributed by atoms with Crippen molar-refractivity contribution >= 4 is 5.91 Å². The van der Waals surface area contributed by atoms with Gasteiger partial charge < -0.3 is 15.4 Å². The minimum absolute atomic E-state index is 0.0403. The molecule has 0 aromatic heterocycles. The molecule has 0 aliphatic carbocycles. The summed E-state index contributed by atoms with van der Waals surface area (Å²) >= 11 is 0. The third-order valence-corrected chi connectivity index (χ3v) is 4.33. The molecule has 1 saturated heterocycles. The first-order valence-corrected chi connectivity index (χ1v) is 7.63. The van der Waals surface area contributed by atoms with Gasteiger partial charge in [0.1, 0.15) is 5.75 Å². The molecule has 1 aromatic carbocycles. The van der Waals surface area contributed by atoms with E-state index in [2.05, 4.69) is 13.8 Å². The van der Waals surface area contributed by atoms with Crippen LogP contribution in [0.25, 0.3) is 0 Å². The zero-order chi connectivity index (χ0) is 15.6. The van der Waals surface area contributed by atoms with Crippen LogP contribution in [0, 0.1) is 12.3 Å². The van der Waals surface area contributed by atoms with Crippen molar-refractivity contribution in [1.82, 2.24) is 4.90 Å². The molecule has 1 heterocycles. The Bertz CT molecular complexity index is 526. The Balaban J connectivity index is 2.18. The van der Waals surface area contributed by atoms with Crippen LogP contribution < -0.4 is 10.5 Å². The van der Waals surface area contributed by atoms with E-state index in [1.54, 1.807) is 0 Å². The van der Waals surface area contributed by atoms with Crippen molar-refractivity contribution < 1.29 is 9.53 Å². The Morgan fingerprint density at radius 2 is 2.19 bits per heavy atom. The molecule has 1 unspecified atom stereocenters. The van der Waals surface area contributed by atoms with Crippen LogP contribution in [-0.2, 0) is 0 Å². The lowest BCUT2D eigenvalue weighted by atomic mass is 9.79. The maximum Gasteiger partial charge on any atom is 0.254 e. The average molecular weight is 290 g/mol. The molecule has 1 aromatic rings. The summed E-state index contributed by atoms with van der Waals surface area (Å²) in [5.41, 5.74) is 7.84. The van der Waals surface area contributed by atoms with Crippen LogP contribution in [0.1, 0.15) is 43.1 Å². The fourth-order valence-corrected chi connectivity index (χ4v) is 2.77.